The molecule has 3 aromatic heterocycles. The van der Waals surface area contributed by atoms with Crippen LogP contribution in [0.4, 0.5) is 10.3 Å². The zero-order chi connectivity index (χ0) is 22.8. The summed E-state index contributed by atoms with van der Waals surface area (Å²) in [4.78, 5) is 20.0. The third kappa shape index (κ3) is 4.61. The quantitative estimate of drug-likeness (QED) is 0.496. The molecule has 0 amide bonds. The summed E-state index contributed by atoms with van der Waals surface area (Å²) in [5, 5.41) is 0. The molecule has 1 saturated heterocycles. The van der Waals surface area contributed by atoms with Crippen molar-refractivity contribution >= 4 is 5.95 Å². The first kappa shape index (κ1) is 21.2. The summed E-state index contributed by atoms with van der Waals surface area (Å²) in [5.74, 6) is -0.0597. The molecule has 4 aromatic rings. The normalized spacial score (nSPS) is 15.1. The summed E-state index contributed by atoms with van der Waals surface area (Å²) < 4.78 is 15.7. The predicted molar refractivity (Wildman–Crippen MR) is 126 cm³/mol. The van der Waals surface area contributed by atoms with Gasteiger partial charge in [-0.05, 0) is 67.8 Å². The van der Waals surface area contributed by atoms with Gasteiger partial charge in [-0.15, -0.1) is 0 Å². The number of rotatable bonds is 5. The number of nitrogens with zero attached hydrogens (tertiary/aromatic N) is 6. The Kier molecular flexibility index (Phi) is 5.83. The molecule has 1 aromatic carbocycles. The maximum atomic E-state index is 13.5. The number of imidazole rings is 1. The Labute approximate surface area is 192 Å². The molecular formula is C25H26FN7. The number of likely N-dealkylation sites (tertiary alicyclic amines) is 1. The van der Waals surface area contributed by atoms with Crippen molar-refractivity contribution in [2.45, 2.75) is 32.4 Å². The van der Waals surface area contributed by atoms with E-state index in [0.29, 0.717) is 5.69 Å². The molecule has 8 heteroatoms. The van der Waals surface area contributed by atoms with Crippen molar-refractivity contribution in [2.24, 2.45) is 0 Å². The number of aryl methyl sites for hydroxylation is 1. The van der Waals surface area contributed by atoms with Crippen molar-refractivity contribution in [3.8, 4) is 22.6 Å². The summed E-state index contributed by atoms with van der Waals surface area (Å²) in [7, 11) is 0. The minimum absolute atomic E-state index is 0.216. The Balaban J connectivity index is 1.42. The van der Waals surface area contributed by atoms with Crippen LogP contribution < -0.4 is 5.73 Å². The SMILES string of the molecule is Cc1cc(CN2CCC(n3cnc(-c4ccc(F)cc4)c3-c3ccnc(N)n3)CC2)ccn1. The fourth-order valence-corrected chi connectivity index (χ4v) is 4.53. The number of pyridine rings is 1. The Bertz CT molecular complexity index is 1240. The Hall–Kier alpha value is -3.65. The fraction of sp³-hybridized carbons (Fsp3) is 0.280. The number of piperidine rings is 1. The van der Waals surface area contributed by atoms with Crippen LogP contribution in [0.1, 0.15) is 30.1 Å². The van der Waals surface area contributed by atoms with Crippen LogP contribution in [0.5, 0.6) is 0 Å². The van der Waals surface area contributed by atoms with Crippen molar-refractivity contribution in [1.29, 1.82) is 0 Å². The third-order valence-electron chi connectivity index (χ3n) is 6.15. The van der Waals surface area contributed by atoms with Crippen molar-refractivity contribution in [2.75, 3.05) is 18.8 Å². The molecule has 0 atom stereocenters. The standard InChI is InChI=1S/C25H26FN7/c1-17-14-18(6-10-28-17)15-32-12-8-21(9-13-32)33-16-30-23(19-2-4-20(26)5-3-19)24(33)22-7-11-29-25(27)31-22/h2-7,10-11,14,16,21H,8-9,12-13,15H2,1H3,(H2,27,29,31). The maximum absolute atomic E-state index is 13.5. The predicted octanol–water partition coefficient (Wildman–Crippen LogP) is 4.27. The fourth-order valence-electron chi connectivity index (χ4n) is 4.53. The van der Waals surface area contributed by atoms with Crippen LogP contribution in [-0.4, -0.2) is 42.5 Å². The monoisotopic (exact) mass is 443 g/mol. The molecule has 33 heavy (non-hydrogen) atoms. The highest BCUT2D eigenvalue weighted by Crippen LogP contribution is 2.35. The highest BCUT2D eigenvalue weighted by atomic mass is 19.1. The van der Waals surface area contributed by atoms with Gasteiger partial charge in [0.15, 0.2) is 0 Å². The second-order valence-corrected chi connectivity index (χ2v) is 8.47. The lowest BCUT2D eigenvalue weighted by Crippen LogP contribution is -2.34. The number of hydrogen-bond donors (Lipinski definition) is 1. The Morgan fingerprint density at radius 1 is 1.00 bits per heavy atom. The van der Waals surface area contributed by atoms with Crippen LogP contribution in [0.2, 0.25) is 0 Å². The molecule has 1 fully saturated rings. The number of halogens is 1. The van der Waals surface area contributed by atoms with Gasteiger partial charge >= 0.3 is 0 Å². The second-order valence-electron chi connectivity index (χ2n) is 8.47. The zero-order valence-corrected chi connectivity index (χ0v) is 18.5. The molecule has 0 unspecified atom stereocenters. The van der Waals surface area contributed by atoms with E-state index in [1.807, 2.05) is 25.5 Å². The number of benzene rings is 1. The average Bonchev–Trinajstić information content (AvgIpc) is 3.25. The van der Waals surface area contributed by atoms with E-state index in [1.54, 1.807) is 18.3 Å². The van der Waals surface area contributed by atoms with E-state index in [-0.39, 0.29) is 17.8 Å². The van der Waals surface area contributed by atoms with Crippen LogP contribution in [0.15, 0.2) is 61.2 Å². The summed E-state index contributed by atoms with van der Waals surface area (Å²) >= 11 is 0. The number of aromatic nitrogens is 5. The van der Waals surface area contributed by atoms with Gasteiger partial charge in [0.05, 0.1) is 23.4 Å². The summed E-state index contributed by atoms with van der Waals surface area (Å²) in [6.45, 7) is 4.92. The Morgan fingerprint density at radius 3 is 2.48 bits per heavy atom. The van der Waals surface area contributed by atoms with Crippen molar-refractivity contribution in [3.63, 3.8) is 0 Å². The summed E-state index contributed by atoms with van der Waals surface area (Å²) in [6, 6.07) is 12.8. The molecule has 1 aliphatic heterocycles. The van der Waals surface area contributed by atoms with Crippen molar-refractivity contribution in [3.05, 3.63) is 78.3 Å². The lowest BCUT2D eigenvalue weighted by Gasteiger charge is -2.33. The topological polar surface area (TPSA) is 85.8 Å². The molecule has 0 bridgehead atoms. The van der Waals surface area contributed by atoms with Gasteiger partial charge in [0.25, 0.3) is 0 Å². The van der Waals surface area contributed by atoms with Gasteiger partial charge in [-0.1, -0.05) is 0 Å². The number of nitrogens with two attached hydrogens (primary N) is 1. The molecule has 0 aliphatic carbocycles. The number of nitrogen functional groups attached to an aromatic ring is 1. The highest BCUT2D eigenvalue weighted by molar-refractivity contribution is 5.77. The smallest absolute Gasteiger partial charge is 0.220 e. The summed E-state index contributed by atoms with van der Waals surface area (Å²) in [5.41, 5.74) is 11.4. The van der Waals surface area contributed by atoms with Crippen molar-refractivity contribution < 1.29 is 4.39 Å². The van der Waals surface area contributed by atoms with Gasteiger partial charge in [-0.25, -0.2) is 19.3 Å². The first-order valence-corrected chi connectivity index (χ1v) is 11.1. The minimum atomic E-state index is -0.275. The van der Waals surface area contributed by atoms with Gasteiger partial charge in [-0.3, -0.25) is 9.88 Å². The van der Waals surface area contributed by atoms with E-state index >= 15 is 0 Å². The van der Waals surface area contributed by atoms with E-state index in [9.17, 15) is 4.39 Å². The number of hydrogen-bond acceptors (Lipinski definition) is 6. The molecule has 0 saturated carbocycles. The molecule has 0 spiro atoms. The second kappa shape index (κ2) is 9.07. The van der Waals surface area contributed by atoms with Gasteiger partial charge in [-0.2, -0.15) is 0 Å². The van der Waals surface area contributed by atoms with Crippen molar-refractivity contribution in [1.82, 2.24) is 29.4 Å². The molecule has 7 nitrogen and oxygen atoms in total. The van der Waals surface area contributed by atoms with Gasteiger partial charge < -0.3 is 10.3 Å². The van der Waals surface area contributed by atoms with E-state index in [1.165, 1.54) is 17.7 Å². The molecule has 4 heterocycles. The molecule has 1 aliphatic rings. The number of anilines is 1. The maximum Gasteiger partial charge on any atom is 0.220 e. The van der Waals surface area contributed by atoms with Crippen LogP contribution in [0.25, 0.3) is 22.6 Å². The van der Waals surface area contributed by atoms with E-state index in [2.05, 4.69) is 36.6 Å². The van der Waals surface area contributed by atoms with E-state index < -0.39 is 0 Å². The van der Waals surface area contributed by atoms with Gasteiger partial charge in [0.2, 0.25) is 5.95 Å². The first-order valence-electron chi connectivity index (χ1n) is 11.1. The Morgan fingerprint density at radius 2 is 1.76 bits per heavy atom. The molecule has 5 rings (SSSR count). The minimum Gasteiger partial charge on any atom is -0.368 e. The molecule has 168 valence electrons. The molecule has 0 radical (unpaired) electrons. The van der Waals surface area contributed by atoms with Crippen LogP contribution in [-0.2, 0) is 6.54 Å². The van der Waals surface area contributed by atoms with Crippen LogP contribution in [0, 0.1) is 12.7 Å². The van der Waals surface area contributed by atoms with E-state index in [4.69, 9.17) is 10.7 Å². The van der Waals surface area contributed by atoms with Gasteiger partial charge in [0.1, 0.15) is 5.82 Å². The van der Waals surface area contributed by atoms with Crippen LogP contribution >= 0.6 is 0 Å². The lowest BCUT2D eigenvalue weighted by atomic mass is 10.0. The average molecular weight is 444 g/mol. The third-order valence-corrected chi connectivity index (χ3v) is 6.15. The highest BCUT2D eigenvalue weighted by Gasteiger charge is 2.26. The van der Waals surface area contributed by atoms with Crippen LogP contribution in [0.3, 0.4) is 0 Å². The summed E-state index contributed by atoms with van der Waals surface area (Å²) in [6.07, 6.45) is 7.40. The zero-order valence-electron chi connectivity index (χ0n) is 18.5. The molecular weight excluding hydrogens is 417 g/mol. The van der Waals surface area contributed by atoms with Gasteiger partial charge in [0, 0.05) is 49.3 Å². The van der Waals surface area contributed by atoms with E-state index in [0.717, 1.165) is 55.1 Å². The largest absolute Gasteiger partial charge is 0.368 e. The lowest BCUT2D eigenvalue weighted by molar-refractivity contribution is 0.180. The first-order chi connectivity index (χ1) is 16.1. The molecule has 2 N–H and O–H groups in total.